The van der Waals surface area contributed by atoms with E-state index in [1.807, 2.05) is 13.0 Å². The van der Waals surface area contributed by atoms with Gasteiger partial charge in [-0.05, 0) is 19.1 Å². The zero-order valence-corrected chi connectivity index (χ0v) is 14.1. The Morgan fingerprint density at radius 3 is 2.45 bits per heavy atom. The van der Waals surface area contributed by atoms with Gasteiger partial charge in [0.1, 0.15) is 0 Å². The highest BCUT2D eigenvalue weighted by atomic mass is 32.2. The molecule has 9 heteroatoms. The maximum absolute atomic E-state index is 12.5. The van der Waals surface area contributed by atoms with Gasteiger partial charge in [0.2, 0.25) is 15.9 Å². The number of hydrogen-bond donors (Lipinski definition) is 1. The van der Waals surface area contributed by atoms with Crippen LogP contribution in [-0.2, 0) is 14.8 Å². The van der Waals surface area contributed by atoms with Crippen LogP contribution >= 0.6 is 11.3 Å². The molecule has 7 nitrogen and oxygen atoms in total. The van der Waals surface area contributed by atoms with Crippen molar-refractivity contribution < 1.29 is 18.0 Å². The van der Waals surface area contributed by atoms with Crippen molar-refractivity contribution >= 4 is 33.2 Å². The fourth-order valence-electron chi connectivity index (χ4n) is 2.36. The third kappa shape index (κ3) is 3.84. The van der Waals surface area contributed by atoms with E-state index in [1.165, 1.54) is 20.5 Å². The van der Waals surface area contributed by atoms with Crippen molar-refractivity contribution in [3.8, 4) is 0 Å². The number of primary amides is 1. The Morgan fingerprint density at radius 1 is 1.27 bits per heavy atom. The fraction of sp³-hybridized carbons (Fsp3) is 0.538. The van der Waals surface area contributed by atoms with Gasteiger partial charge in [-0.15, -0.1) is 11.3 Å². The van der Waals surface area contributed by atoms with Crippen LogP contribution in [0.15, 0.2) is 12.1 Å². The van der Waals surface area contributed by atoms with Gasteiger partial charge in [-0.3, -0.25) is 9.59 Å². The first-order valence-electron chi connectivity index (χ1n) is 6.78. The summed E-state index contributed by atoms with van der Waals surface area (Å²) in [5.41, 5.74) is 5.35. The molecule has 122 valence electrons. The molecule has 1 aromatic rings. The second kappa shape index (κ2) is 6.35. The number of rotatable bonds is 3. The summed E-state index contributed by atoms with van der Waals surface area (Å²) in [6.45, 7) is 2.46. The standard InChI is InChI=1S/C13H19N3O4S2/c1-9-3-4-11(21-9)13(18)15-5-6-16(22(2,19)20)8-10(7-15)12(14)17/h3-4,10H,5-8H2,1-2H3,(H2,14,17). The maximum atomic E-state index is 12.5. The number of thiophene rings is 1. The van der Waals surface area contributed by atoms with Gasteiger partial charge in [0.05, 0.1) is 17.1 Å². The molecule has 1 saturated heterocycles. The van der Waals surface area contributed by atoms with Crippen molar-refractivity contribution in [1.29, 1.82) is 0 Å². The Bertz CT molecular complexity index is 683. The lowest BCUT2D eigenvalue weighted by Crippen LogP contribution is -2.40. The summed E-state index contributed by atoms with van der Waals surface area (Å²) in [5.74, 6) is -1.50. The largest absolute Gasteiger partial charge is 0.369 e. The van der Waals surface area contributed by atoms with E-state index in [9.17, 15) is 18.0 Å². The zero-order valence-electron chi connectivity index (χ0n) is 12.5. The lowest BCUT2D eigenvalue weighted by molar-refractivity contribution is -0.122. The van der Waals surface area contributed by atoms with E-state index in [0.717, 1.165) is 11.1 Å². The number of nitrogens with zero attached hydrogens (tertiary/aromatic N) is 2. The van der Waals surface area contributed by atoms with Crippen LogP contribution in [0.2, 0.25) is 0 Å². The second-order valence-corrected chi connectivity index (χ2v) is 8.65. The van der Waals surface area contributed by atoms with Crippen LogP contribution < -0.4 is 5.73 Å². The summed E-state index contributed by atoms with van der Waals surface area (Å²) in [4.78, 5) is 27.2. The quantitative estimate of drug-likeness (QED) is 0.825. The number of hydrogen-bond acceptors (Lipinski definition) is 5. The number of carbonyl (C=O) groups excluding carboxylic acids is 2. The lowest BCUT2D eigenvalue weighted by atomic mass is 10.1. The molecular weight excluding hydrogens is 326 g/mol. The van der Waals surface area contributed by atoms with Crippen LogP contribution in [0.1, 0.15) is 14.5 Å². The Hall–Kier alpha value is -1.45. The van der Waals surface area contributed by atoms with Crippen LogP contribution in [0.4, 0.5) is 0 Å². The Kier molecular flexibility index (Phi) is 4.88. The summed E-state index contributed by atoms with van der Waals surface area (Å²) >= 11 is 1.37. The maximum Gasteiger partial charge on any atom is 0.263 e. The van der Waals surface area contributed by atoms with Gasteiger partial charge in [-0.2, -0.15) is 4.31 Å². The van der Waals surface area contributed by atoms with Gasteiger partial charge in [0.15, 0.2) is 0 Å². The highest BCUT2D eigenvalue weighted by molar-refractivity contribution is 7.88. The normalized spacial score (nSPS) is 20.6. The van der Waals surface area contributed by atoms with Gasteiger partial charge in [0.25, 0.3) is 5.91 Å². The van der Waals surface area contributed by atoms with E-state index in [1.54, 1.807) is 6.07 Å². The van der Waals surface area contributed by atoms with Crippen LogP contribution in [0.5, 0.6) is 0 Å². The summed E-state index contributed by atoms with van der Waals surface area (Å²) in [6.07, 6.45) is 1.09. The van der Waals surface area contributed by atoms with E-state index in [-0.39, 0.29) is 32.1 Å². The third-order valence-electron chi connectivity index (χ3n) is 3.59. The smallest absolute Gasteiger partial charge is 0.263 e. The Labute approximate surface area is 133 Å². The van der Waals surface area contributed by atoms with Gasteiger partial charge >= 0.3 is 0 Å². The van der Waals surface area contributed by atoms with E-state index in [4.69, 9.17) is 5.73 Å². The average molecular weight is 345 g/mol. The number of amides is 2. The van der Waals surface area contributed by atoms with Crippen LogP contribution in [0.3, 0.4) is 0 Å². The molecule has 0 saturated carbocycles. The molecule has 2 rings (SSSR count). The van der Waals surface area contributed by atoms with Crippen molar-refractivity contribution in [3.63, 3.8) is 0 Å². The predicted molar refractivity (Wildman–Crippen MR) is 84.1 cm³/mol. The van der Waals surface area contributed by atoms with Gasteiger partial charge in [-0.25, -0.2) is 8.42 Å². The monoisotopic (exact) mass is 345 g/mol. The van der Waals surface area contributed by atoms with Crippen molar-refractivity contribution in [2.75, 3.05) is 32.4 Å². The predicted octanol–water partition coefficient (Wildman–Crippen LogP) is -0.125. The second-order valence-electron chi connectivity index (χ2n) is 5.38. The molecule has 1 unspecified atom stereocenters. The van der Waals surface area contributed by atoms with Gasteiger partial charge in [-0.1, -0.05) is 0 Å². The third-order valence-corrected chi connectivity index (χ3v) is 5.85. The molecule has 0 bridgehead atoms. The van der Waals surface area contributed by atoms with Gasteiger partial charge in [0, 0.05) is 31.1 Å². The number of nitrogens with two attached hydrogens (primary N) is 1. The molecule has 1 aromatic heterocycles. The number of carbonyl (C=O) groups is 2. The summed E-state index contributed by atoms with van der Waals surface area (Å²) < 4.78 is 24.7. The first kappa shape index (κ1) is 16.9. The SMILES string of the molecule is Cc1ccc(C(=O)N2CCN(S(C)(=O)=O)CC(C(N)=O)C2)s1. The van der Waals surface area contributed by atoms with E-state index < -0.39 is 21.8 Å². The topological polar surface area (TPSA) is 101 Å². The minimum Gasteiger partial charge on any atom is -0.369 e. The summed E-state index contributed by atoms with van der Waals surface area (Å²) in [7, 11) is -3.44. The number of aryl methyl sites for hydroxylation is 1. The molecule has 0 aliphatic carbocycles. The Balaban J connectivity index is 2.23. The molecule has 0 spiro atoms. The van der Waals surface area contributed by atoms with Crippen LogP contribution in [-0.4, -0.2) is 61.9 Å². The molecule has 1 aliphatic heterocycles. The molecule has 2 heterocycles. The molecule has 1 fully saturated rings. The van der Waals surface area contributed by atoms with E-state index in [0.29, 0.717) is 4.88 Å². The number of sulfonamides is 1. The average Bonchev–Trinajstić information content (AvgIpc) is 2.72. The molecule has 1 aliphatic rings. The van der Waals surface area contributed by atoms with Crippen molar-refractivity contribution in [3.05, 3.63) is 21.9 Å². The molecule has 2 amide bonds. The minimum atomic E-state index is -3.44. The van der Waals surface area contributed by atoms with Crippen molar-refractivity contribution in [2.45, 2.75) is 6.92 Å². The molecule has 0 aromatic carbocycles. The highest BCUT2D eigenvalue weighted by Gasteiger charge is 2.32. The first-order valence-corrected chi connectivity index (χ1v) is 9.45. The first-order chi connectivity index (χ1) is 10.2. The molecule has 0 radical (unpaired) electrons. The molecular formula is C13H19N3O4S2. The van der Waals surface area contributed by atoms with Crippen molar-refractivity contribution in [2.24, 2.45) is 11.7 Å². The van der Waals surface area contributed by atoms with Crippen LogP contribution in [0, 0.1) is 12.8 Å². The lowest BCUT2D eigenvalue weighted by Gasteiger charge is -2.21. The fourth-order valence-corrected chi connectivity index (χ4v) is 4.05. The van der Waals surface area contributed by atoms with E-state index in [2.05, 4.69) is 0 Å². The van der Waals surface area contributed by atoms with Crippen LogP contribution in [0.25, 0.3) is 0 Å². The van der Waals surface area contributed by atoms with Crippen molar-refractivity contribution in [1.82, 2.24) is 9.21 Å². The highest BCUT2D eigenvalue weighted by Crippen LogP contribution is 2.20. The summed E-state index contributed by atoms with van der Waals surface area (Å²) in [6, 6.07) is 3.59. The van der Waals surface area contributed by atoms with E-state index >= 15 is 0 Å². The molecule has 2 N–H and O–H groups in total. The summed E-state index contributed by atoms with van der Waals surface area (Å²) in [5, 5.41) is 0. The van der Waals surface area contributed by atoms with Gasteiger partial charge < -0.3 is 10.6 Å². The minimum absolute atomic E-state index is 0.0153. The molecule has 1 atom stereocenters. The Morgan fingerprint density at radius 2 is 1.95 bits per heavy atom. The zero-order chi connectivity index (χ0) is 16.5. The molecule has 22 heavy (non-hydrogen) atoms.